The smallest absolute Gasteiger partial charge is 0.308 e. The van der Waals surface area contributed by atoms with Gasteiger partial charge in [-0.1, -0.05) is 39.3 Å². The lowest BCUT2D eigenvalue weighted by atomic mass is 9.82. The van der Waals surface area contributed by atoms with Gasteiger partial charge in [0.2, 0.25) is 5.91 Å². The van der Waals surface area contributed by atoms with E-state index in [0.29, 0.717) is 26.2 Å². The summed E-state index contributed by atoms with van der Waals surface area (Å²) in [4.78, 5) is 25.5. The lowest BCUT2D eigenvalue weighted by molar-refractivity contribution is -0.149. The third-order valence-electron chi connectivity index (χ3n) is 6.07. The van der Waals surface area contributed by atoms with Crippen LogP contribution in [0, 0.1) is 11.3 Å². The maximum absolute atomic E-state index is 13.1. The van der Waals surface area contributed by atoms with E-state index in [1.165, 1.54) is 0 Å². The van der Waals surface area contributed by atoms with E-state index in [1.54, 1.807) is 0 Å². The zero-order chi connectivity index (χ0) is 29.7. The van der Waals surface area contributed by atoms with E-state index in [0.717, 1.165) is 43.5 Å². The summed E-state index contributed by atoms with van der Waals surface area (Å²) in [6.07, 6.45) is 3.85. The van der Waals surface area contributed by atoms with E-state index in [4.69, 9.17) is 9.47 Å². The van der Waals surface area contributed by atoms with Crippen LogP contribution in [-0.4, -0.2) is 55.3 Å². The number of nitrogens with one attached hydrogen (secondary N) is 3. The lowest BCUT2D eigenvalue weighted by Gasteiger charge is -2.28. The Bertz CT molecular complexity index is 848. The van der Waals surface area contributed by atoms with E-state index in [1.807, 2.05) is 31.2 Å². The first kappa shape index (κ1) is 34.9. The number of hydrogen-bond donors (Lipinski definition) is 3. The molecule has 0 saturated heterocycles. The summed E-state index contributed by atoms with van der Waals surface area (Å²) in [5.41, 5.74) is 1.00. The van der Waals surface area contributed by atoms with Gasteiger partial charge in [0, 0.05) is 24.2 Å². The first-order chi connectivity index (χ1) is 18.0. The maximum Gasteiger partial charge on any atom is 0.308 e. The molecule has 1 rings (SSSR count). The number of carbonyl (C=O) groups excluding carboxylic acids is 2. The quantitative estimate of drug-likeness (QED) is 0.183. The highest BCUT2D eigenvalue weighted by molar-refractivity contribution is 5.82. The normalized spacial score (nSPS) is 14.0. The molecule has 3 N–H and O–H groups in total. The van der Waals surface area contributed by atoms with Crippen molar-refractivity contribution in [2.45, 2.75) is 118 Å². The van der Waals surface area contributed by atoms with Gasteiger partial charge in [-0.25, -0.2) is 0 Å². The predicted molar refractivity (Wildman–Crippen MR) is 161 cm³/mol. The number of benzene rings is 1. The predicted octanol–water partition coefficient (Wildman–Crippen LogP) is 5.65. The van der Waals surface area contributed by atoms with Gasteiger partial charge in [-0.15, -0.1) is 0 Å². The molecule has 1 aromatic carbocycles. The fourth-order valence-corrected chi connectivity index (χ4v) is 4.44. The zero-order valence-corrected chi connectivity index (χ0v) is 26.5. The Morgan fingerprint density at radius 3 is 2.05 bits per heavy atom. The van der Waals surface area contributed by atoms with Crippen LogP contribution in [0.25, 0.3) is 0 Å². The molecule has 7 nitrogen and oxygen atoms in total. The molecule has 0 radical (unpaired) electrons. The molecule has 224 valence electrons. The van der Waals surface area contributed by atoms with Gasteiger partial charge in [0.1, 0.15) is 12.4 Å². The summed E-state index contributed by atoms with van der Waals surface area (Å²) in [7, 11) is 0. The van der Waals surface area contributed by atoms with Crippen molar-refractivity contribution in [3.63, 3.8) is 0 Å². The van der Waals surface area contributed by atoms with Crippen molar-refractivity contribution >= 4 is 11.9 Å². The fourth-order valence-electron chi connectivity index (χ4n) is 4.44. The van der Waals surface area contributed by atoms with Gasteiger partial charge in [0.25, 0.3) is 0 Å². The minimum atomic E-state index is -0.346. The molecule has 0 heterocycles. The minimum absolute atomic E-state index is 0.00450. The number of ether oxygens (including phenoxy) is 2. The maximum atomic E-state index is 13.1. The summed E-state index contributed by atoms with van der Waals surface area (Å²) in [5, 5.41) is 10.0. The molecule has 0 bridgehead atoms. The highest BCUT2D eigenvalue weighted by atomic mass is 16.5. The third-order valence-corrected chi connectivity index (χ3v) is 6.07. The van der Waals surface area contributed by atoms with Crippen LogP contribution in [-0.2, 0) is 20.7 Å². The second-order valence-electron chi connectivity index (χ2n) is 13.8. The summed E-state index contributed by atoms with van der Waals surface area (Å²) in [6.45, 7) is 23.3. The Kier molecular flexibility index (Phi) is 14.5. The molecular formula is C32H57N3O4. The molecule has 0 fully saturated rings. The van der Waals surface area contributed by atoms with Crippen LogP contribution < -0.4 is 20.7 Å². The number of hydrogen-bond acceptors (Lipinski definition) is 6. The van der Waals surface area contributed by atoms with Gasteiger partial charge in [-0.2, -0.15) is 0 Å². The number of rotatable bonds is 16. The Labute approximate surface area is 238 Å². The Morgan fingerprint density at radius 1 is 0.872 bits per heavy atom. The van der Waals surface area contributed by atoms with Crippen molar-refractivity contribution in [1.29, 1.82) is 0 Å². The molecule has 0 saturated carbocycles. The minimum Gasteiger partial charge on any atom is -0.492 e. The number of carbonyl (C=O) groups is 2. The number of esters is 1. The van der Waals surface area contributed by atoms with Crippen molar-refractivity contribution in [2.75, 3.05) is 26.3 Å². The molecule has 0 aliphatic heterocycles. The van der Waals surface area contributed by atoms with Crippen LogP contribution in [0.15, 0.2) is 24.3 Å². The van der Waals surface area contributed by atoms with Crippen molar-refractivity contribution < 1.29 is 19.1 Å². The molecule has 0 spiro atoms. The molecular weight excluding hydrogens is 490 g/mol. The topological polar surface area (TPSA) is 88.7 Å². The van der Waals surface area contributed by atoms with Gasteiger partial charge in [0.15, 0.2) is 0 Å². The van der Waals surface area contributed by atoms with Gasteiger partial charge < -0.3 is 25.4 Å². The van der Waals surface area contributed by atoms with Crippen LogP contribution >= 0.6 is 0 Å². The molecule has 39 heavy (non-hydrogen) atoms. The highest BCUT2D eigenvalue weighted by Crippen LogP contribution is 2.28. The first-order valence-corrected chi connectivity index (χ1v) is 14.7. The molecule has 1 amide bonds. The Morgan fingerprint density at radius 2 is 1.51 bits per heavy atom. The highest BCUT2D eigenvalue weighted by Gasteiger charge is 2.26. The van der Waals surface area contributed by atoms with E-state index in [2.05, 4.69) is 78.3 Å². The number of unbranched alkanes of at least 4 members (excludes halogenated alkanes) is 1. The van der Waals surface area contributed by atoms with Crippen molar-refractivity contribution in [1.82, 2.24) is 16.0 Å². The average molecular weight is 548 g/mol. The van der Waals surface area contributed by atoms with Gasteiger partial charge >= 0.3 is 5.97 Å². The molecule has 0 unspecified atom stereocenters. The second-order valence-corrected chi connectivity index (χ2v) is 13.8. The molecule has 1 aromatic rings. The van der Waals surface area contributed by atoms with Crippen LogP contribution in [0.5, 0.6) is 5.75 Å². The monoisotopic (exact) mass is 547 g/mol. The summed E-state index contributed by atoms with van der Waals surface area (Å²) in [6, 6.07) is 7.65. The van der Waals surface area contributed by atoms with Crippen molar-refractivity contribution in [3.8, 4) is 5.75 Å². The van der Waals surface area contributed by atoms with Crippen molar-refractivity contribution in [3.05, 3.63) is 29.8 Å². The summed E-state index contributed by atoms with van der Waals surface area (Å²) >= 11 is 0. The Balaban J connectivity index is 2.61. The molecule has 2 atom stereocenters. The first-order valence-electron chi connectivity index (χ1n) is 14.7. The SMILES string of the molecule is CCOC(=O)[C@H](CCCCNC(=O)[C@H](Cc1ccc(OCCNC(C)(C)C)cc1)NC(C)(C)C)CC(C)(C)C. The average Bonchev–Trinajstić information content (AvgIpc) is 2.79. The van der Waals surface area contributed by atoms with E-state index >= 15 is 0 Å². The molecule has 0 aromatic heterocycles. The van der Waals surface area contributed by atoms with E-state index < -0.39 is 0 Å². The molecule has 7 heteroatoms. The summed E-state index contributed by atoms with van der Waals surface area (Å²) in [5.74, 6) is 0.614. The van der Waals surface area contributed by atoms with Crippen LogP contribution in [0.4, 0.5) is 0 Å². The second kappa shape index (κ2) is 16.2. The van der Waals surface area contributed by atoms with Gasteiger partial charge in [-0.05, 0) is 97.3 Å². The molecule has 0 aliphatic carbocycles. The molecule has 0 aliphatic rings. The zero-order valence-electron chi connectivity index (χ0n) is 26.5. The standard InChI is InChI=1S/C32H57N3O4/c1-11-38-29(37)25(23-30(2,3)4)14-12-13-19-33-28(36)27(35-32(8,9)10)22-24-15-17-26(18-16-24)39-21-20-34-31(5,6)7/h15-18,25,27,34-35H,11-14,19-23H2,1-10H3,(H,33,36)/t25-,27+/m1/s1. The van der Waals surface area contributed by atoms with E-state index in [9.17, 15) is 9.59 Å². The van der Waals surface area contributed by atoms with Crippen LogP contribution in [0.2, 0.25) is 0 Å². The largest absolute Gasteiger partial charge is 0.492 e. The van der Waals surface area contributed by atoms with Gasteiger partial charge in [-0.3, -0.25) is 9.59 Å². The number of amides is 1. The lowest BCUT2D eigenvalue weighted by Crippen LogP contribution is -2.52. The van der Waals surface area contributed by atoms with Crippen LogP contribution in [0.1, 0.15) is 100 Å². The fraction of sp³-hybridized carbons (Fsp3) is 0.750. The van der Waals surface area contributed by atoms with Crippen molar-refractivity contribution in [2.24, 2.45) is 11.3 Å². The van der Waals surface area contributed by atoms with Crippen LogP contribution in [0.3, 0.4) is 0 Å². The third kappa shape index (κ3) is 17.2. The van der Waals surface area contributed by atoms with E-state index in [-0.39, 0.29) is 40.3 Å². The summed E-state index contributed by atoms with van der Waals surface area (Å²) < 4.78 is 11.1. The van der Waals surface area contributed by atoms with Gasteiger partial charge in [0.05, 0.1) is 18.6 Å². The Hall–Kier alpha value is -2.12.